The van der Waals surface area contributed by atoms with E-state index in [0.29, 0.717) is 28.7 Å². The number of aliphatic hydroxyl groups excluding tert-OH is 2. The van der Waals surface area contributed by atoms with Gasteiger partial charge in [0.15, 0.2) is 11.6 Å². The first-order valence-corrected chi connectivity index (χ1v) is 10.1. The maximum Gasteiger partial charge on any atom is 0.178 e. The van der Waals surface area contributed by atoms with Gasteiger partial charge in [0.05, 0.1) is 16.9 Å². The van der Waals surface area contributed by atoms with Crippen LogP contribution in [0.2, 0.25) is 5.02 Å². The van der Waals surface area contributed by atoms with Crippen LogP contribution < -0.4 is 0 Å². The second-order valence-electron chi connectivity index (χ2n) is 8.34. The molecule has 6 heteroatoms. The number of ether oxygens (including phenoxy) is 1. The lowest BCUT2D eigenvalue weighted by Gasteiger charge is -2.43. The summed E-state index contributed by atoms with van der Waals surface area (Å²) in [6.45, 7) is 9.03. The lowest BCUT2D eigenvalue weighted by molar-refractivity contribution is -0.104. The Morgan fingerprint density at radius 1 is 1.00 bits per heavy atom. The summed E-state index contributed by atoms with van der Waals surface area (Å²) in [5.41, 5.74) is 0.898. The predicted octanol–water partition coefficient (Wildman–Crippen LogP) is 7.15. The molecule has 160 valence electrons. The second kappa shape index (κ2) is 7.71. The number of hydrogen-bond acceptors (Lipinski definition) is 3. The summed E-state index contributed by atoms with van der Waals surface area (Å²) in [5.74, 6) is -2.19. The highest BCUT2D eigenvalue weighted by Gasteiger charge is 2.44. The van der Waals surface area contributed by atoms with Crippen molar-refractivity contribution in [2.75, 3.05) is 0 Å². The quantitative estimate of drug-likeness (QED) is 0.398. The Kier molecular flexibility index (Phi) is 5.74. The fourth-order valence-corrected chi connectivity index (χ4v) is 4.14. The van der Waals surface area contributed by atoms with Crippen molar-refractivity contribution >= 4 is 17.2 Å². The lowest BCUT2D eigenvalue weighted by atomic mass is 9.78. The summed E-state index contributed by atoms with van der Waals surface area (Å²) >= 11 is 5.69. The van der Waals surface area contributed by atoms with Crippen LogP contribution in [0.15, 0.2) is 47.9 Å². The molecule has 3 nitrogen and oxygen atoms in total. The van der Waals surface area contributed by atoms with E-state index in [0.717, 1.165) is 11.8 Å². The highest BCUT2D eigenvalue weighted by molar-refractivity contribution is 6.30. The Morgan fingerprint density at radius 3 is 2.27 bits per heavy atom. The highest BCUT2D eigenvalue weighted by Crippen LogP contribution is 2.47. The molecular formula is C24H25ClF2O3. The van der Waals surface area contributed by atoms with Crippen LogP contribution in [0.4, 0.5) is 8.78 Å². The Morgan fingerprint density at radius 2 is 1.67 bits per heavy atom. The van der Waals surface area contributed by atoms with Crippen LogP contribution in [0.5, 0.6) is 0 Å². The molecule has 3 rings (SSSR count). The third-order valence-electron chi connectivity index (χ3n) is 5.47. The first kappa shape index (κ1) is 22.3. The molecule has 2 aromatic rings. The van der Waals surface area contributed by atoms with Crippen molar-refractivity contribution in [1.29, 1.82) is 0 Å². The zero-order valence-corrected chi connectivity index (χ0v) is 18.4. The van der Waals surface area contributed by atoms with Gasteiger partial charge in [-0.2, -0.15) is 0 Å². The second-order valence-corrected chi connectivity index (χ2v) is 8.74. The lowest BCUT2D eigenvalue weighted by Crippen LogP contribution is -2.45. The number of halogens is 3. The molecule has 0 amide bonds. The Bertz CT molecular complexity index is 1070. The molecule has 0 radical (unpaired) electrons. The average Bonchev–Trinajstić information content (AvgIpc) is 2.67. The van der Waals surface area contributed by atoms with E-state index in [1.54, 1.807) is 45.9 Å². The van der Waals surface area contributed by atoms with Crippen molar-refractivity contribution < 1.29 is 23.7 Å². The fraction of sp³-hybridized carbons (Fsp3) is 0.333. The molecule has 0 aromatic heterocycles. The first-order valence-electron chi connectivity index (χ1n) is 9.71. The molecule has 0 spiro atoms. The number of hydrogen-bond donors (Lipinski definition) is 2. The van der Waals surface area contributed by atoms with Gasteiger partial charge < -0.3 is 14.9 Å². The van der Waals surface area contributed by atoms with Crippen LogP contribution in [0, 0.1) is 11.6 Å². The normalized spacial score (nSPS) is 19.4. The van der Waals surface area contributed by atoms with Gasteiger partial charge in [-0.1, -0.05) is 30.7 Å². The monoisotopic (exact) mass is 434 g/mol. The van der Waals surface area contributed by atoms with Gasteiger partial charge in [-0.15, -0.1) is 0 Å². The number of aliphatic hydroxyl groups is 2. The van der Waals surface area contributed by atoms with Gasteiger partial charge in [0, 0.05) is 16.7 Å². The summed E-state index contributed by atoms with van der Waals surface area (Å²) < 4.78 is 34.6. The summed E-state index contributed by atoms with van der Waals surface area (Å²) in [4.78, 5) is 0. The van der Waals surface area contributed by atoms with Gasteiger partial charge in [-0.25, -0.2) is 8.78 Å². The van der Waals surface area contributed by atoms with Crippen molar-refractivity contribution in [1.82, 2.24) is 0 Å². The number of rotatable bonds is 3. The molecule has 0 fully saturated rings. The highest BCUT2D eigenvalue weighted by atomic mass is 35.5. The molecule has 0 saturated heterocycles. The Labute approximate surface area is 180 Å². The van der Waals surface area contributed by atoms with Crippen LogP contribution >= 0.6 is 11.6 Å². The summed E-state index contributed by atoms with van der Waals surface area (Å²) in [6, 6.07) is 7.92. The standard InChI is InChI=1S/C24H25ClF2O3/c1-6-13-7-8-14(15-9-10-18(25)21(27)20(15)26)11-16(13)19-17(12-28)23(2,3)30-24(4,5)22(19)29/h7-12,28-29H,6H2,1-5H3/b17-12-. The molecule has 30 heavy (non-hydrogen) atoms. The number of aryl methyl sites for hydroxylation is 1. The minimum atomic E-state index is -1.11. The molecule has 0 aliphatic carbocycles. The Hall–Kier alpha value is -2.37. The van der Waals surface area contributed by atoms with Gasteiger partial charge in [0.2, 0.25) is 0 Å². The van der Waals surface area contributed by atoms with E-state index < -0.39 is 22.8 Å². The first-order chi connectivity index (χ1) is 13.9. The van der Waals surface area contributed by atoms with E-state index in [4.69, 9.17) is 16.3 Å². The predicted molar refractivity (Wildman–Crippen MR) is 116 cm³/mol. The van der Waals surface area contributed by atoms with Crippen LogP contribution in [0.1, 0.15) is 45.7 Å². The molecule has 0 saturated carbocycles. The molecule has 1 aliphatic heterocycles. The van der Waals surface area contributed by atoms with Crippen molar-refractivity contribution in [2.45, 2.75) is 52.2 Å². The van der Waals surface area contributed by atoms with Crippen LogP contribution in [0.25, 0.3) is 16.7 Å². The molecular weight excluding hydrogens is 410 g/mol. The van der Waals surface area contributed by atoms with Gasteiger partial charge in [-0.3, -0.25) is 0 Å². The van der Waals surface area contributed by atoms with E-state index in [-0.39, 0.29) is 16.3 Å². The third kappa shape index (κ3) is 3.61. The van der Waals surface area contributed by atoms with Gasteiger partial charge in [0.1, 0.15) is 11.4 Å². The number of benzene rings is 2. The van der Waals surface area contributed by atoms with Gasteiger partial charge in [-0.05, 0) is 69.0 Å². The van der Waals surface area contributed by atoms with E-state index >= 15 is 0 Å². The largest absolute Gasteiger partial charge is 0.515 e. The van der Waals surface area contributed by atoms with Crippen LogP contribution in [0.3, 0.4) is 0 Å². The van der Waals surface area contributed by atoms with Gasteiger partial charge in [0.25, 0.3) is 0 Å². The summed E-state index contributed by atoms with van der Waals surface area (Å²) in [5, 5.41) is 20.8. The average molecular weight is 435 g/mol. The van der Waals surface area contributed by atoms with Crippen LogP contribution in [-0.4, -0.2) is 21.4 Å². The smallest absolute Gasteiger partial charge is 0.178 e. The fourth-order valence-electron chi connectivity index (χ4n) is 4.00. The minimum Gasteiger partial charge on any atom is -0.515 e. The van der Waals surface area contributed by atoms with Crippen molar-refractivity contribution in [2.24, 2.45) is 0 Å². The van der Waals surface area contributed by atoms with Crippen molar-refractivity contribution in [3.05, 3.63) is 75.7 Å². The van der Waals surface area contributed by atoms with Crippen molar-refractivity contribution in [3.63, 3.8) is 0 Å². The molecule has 1 aliphatic rings. The van der Waals surface area contributed by atoms with Crippen molar-refractivity contribution in [3.8, 4) is 11.1 Å². The van der Waals surface area contributed by atoms with Crippen LogP contribution in [-0.2, 0) is 11.2 Å². The molecule has 2 N–H and O–H groups in total. The molecule has 0 bridgehead atoms. The topological polar surface area (TPSA) is 49.7 Å². The molecule has 1 heterocycles. The molecule has 0 atom stereocenters. The summed E-state index contributed by atoms with van der Waals surface area (Å²) in [7, 11) is 0. The zero-order valence-electron chi connectivity index (χ0n) is 17.6. The Balaban J connectivity index is 2.33. The van der Waals surface area contributed by atoms with Gasteiger partial charge >= 0.3 is 0 Å². The minimum absolute atomic E-state index is 0.0447. The van der Waals surface area contributed by atoms with E-state index in [1.807, 2.05) is 6.92 Å². The third-order valence-corrected chi connectivity index (χ3v) is 5.76. The SMILES string of the molecule is CCc1ccc(-c2ccc(Cl)c(F)c2F)cc1C1=C(O)C(C)(C)OC(C)(C)/C1=C\O. The maximum absolute atomic E-state index is 14.6. The zero-order chi connectivity index (χ0) is 22.4. The van der Waals surface area contributed by atoms with E-state index in [1.165, 1.54) is 12.1 Å². The van der Waals surface area contributed by atoms with E-state index in [2.05, 4.69) is 0 Å². The summed E-state index contributed by atoms with van der Waals surface area (Å²) in [6.07, 6.45) is 1.56. The molecule has 0 unspecified atom stereocenters. The van der Waals surface area contributed by atoms with E-state index in [9.17, 15) is 19.0 Å². The molecule has 2 aromatic carbocycles. The maximum atomic E-state index is 14.6.